The second-order valence-corrected chi connectivity index (χ2v) is 5.43. The number of rotatable bonds is 5. The molecule has 0 spiro atoms. The maximum Gasteiger partial charge on any atom is 0.252 e. The molecule has 1 amide bonds. The van der Waals surface area contributed by atoms with Crippen LogP contribution in [0.5, 0.6) is 0 Å². The molecule has 3 nitrogen and oxygen atoms in total. The minimum atomic E-state index is -0.308. The molecule has 0 aliphatic rings. The van der Waals surface area contributed by atoms with E-state index in [1.807, 2.05) is 30.3 Å². The number of hydrogen-bond donors (Lipinski definition) is 1. The van der Waals surface area contributed by atoms with Crippen LogP contribution in [0.25, 0.3) is 11.3 Å². The lowest BCUT2D eigenvalue weighted by atomic mass is 10.1. The molecule has 0 unspecified atom stereocenters. The third kappa shape index (κ3) is 4.04. The summed E-state index contributed by atoms with van der Waals surface area (Å²) in [5, 5.41) is 2.88. The minimum absolute atomic E-state index is 0.163. The Kier molecular flexibility index (Phi) is 4.96. The van der Waals surface area contributed by atoms with Gasteiger partial charge in [-0.3, -0.25) is 9.78 Å². The van der Waals surface area contributed by atoms with Crippen LogP contribution in [0.1, 0.15) is 15.9 Å². The summed E-state index contributed by atoms with van der Waals surface area (Å²) in [6.07, 6.45) is 2.29. The van der Waals surface area contributed by atoms with Gasteiger partial charge in [0, 0.05) is 18.3 Å². The molecular weight excluding hydrogens is 303 g/mol. The van der Waals surface area contributed by atoms with Crippen LogP contribution in [0.3, 0.4) is 0 Å². The lowest BCUT2D eigenvalue weighted by molar-refractivity contribution is 0.0954. The van der Waals surface area contributed by atoms with Crippen LogP contribution in [-0.4, -0.2) is 17.4 Å². The van der Waals surface area contributed by atoms with E-state index in [0.717, 1.165) is 6.42 Å². The van der Waals surface area contributed by atoms with Gasteiger partial charge in [-0.25, -0.2) is 4.39 Å². The number of hydrogen-bond acceptors (Lipinski definition) is 2. The van der Waals surface area contributed by atoms with Crippen molar-refractivity contribution in [3.63, 3.8) is 0 Å². The van der Waals surface area contributed by atoms with Gasteiger partial charge in [-0.2, -0.15) is 0 Å². The minimum Gasteiger partial charge on any atom is -0.352 e. The number of carbonyl (C=O) groups excluding carboxylic acids is 1. The van der Waals surface area contributed by atoms with E-state index in [0.29, 0.717) is 23.4 Å². The van der Waals surface area contributed by atoms with Crippen molar-refractivity contribution >= 4 is 5.91 Å². The molecule has 2 aromatic carbocycles. The molecule has 0 bridgehead atoms. The molecule has 24 heavy (non-hydrogen) atoms. The first kappa shape index (κ1) is 15.9. The number of nitrogens with zero attached hydrogens (tertiary/aromatic N) is 1. The van der Waals surface area contributed by atoms with Crippen molar-refractivity contribution in [2.24, 2.45) is 0 Å². The first-order chi connectivity index (χ1) is 11.7. The molecule has 1 heterocycles. The highest BCUT2D eigenvalue weighted by Crippen LogP contribution is 2.17. The zero-order chi connectivity index (χ0) is 16.8. The van der Waals surface area contributed by atoms with Gasteiger partial charge in [0.1, 0.15) is 5.82 Å². The molecule has 0 aliphatic heterocycles. The molecule has 3 rings (SSSR count). The number of amides is 1. The summed E-state index contributed by atoms with van der Waals surface area (Å²) < 4.78 is 13.2. The van der Waals surface area contributed by atoms with Crippen LogP contribution >= 0.6 is 0 Å². The van der Waals surface area contributed by atoms with Crippen molar-refractivity contribution < 1.29 is 9.18 Å². The molecule has 0 saturated carbocycles. The number of benzene rings is 2. The van der Waals surface area contributed by atoms with Crippen molar-refractivity contribution in [2.75, 3.05) is 6.54 Å². The van der Waals surface area contributed by atoms with Gasteiger partial charge >= 0.3 is 0 Å². The van der Waals surface area contributed by atoms with Crippen LogP contribution in [0.2, 0.25) is 0 Å². The number of nitrogens with one attached hydrogen (secondary N) is 1. The number of aromatic nitrogens is 1. The molecule has 0 radical (unpaired) electrons. The van der Waals surface area contributed by atoms with Gasteiger partial charge in [0.2, 0.25) is 0 Å². The number of halogens is 1. The second kappa shape index (κ2) is 7.51. The molecule has 0 atom stereocenters. The van der Waals surface area contributed by atoms with E-state index in [4.69, 9.17) is 0 Å². The van der Waals surface area contributed by atoms with Crippen LogP contribution in [-0.2, 0) is 6.42 Å². The highest BCUT2D eigenvalue weighted by Gasteiger charge is 2.07. The van der Waals surface area contributed by atoms with Gasteiger partial charge < -0.3 is 5.32 Å². The fourth-order valence-corrected chi connectivity index (χ4v) is 2.41. The van der Waals surface area contributed by atoms with Gasteiger partial charge in [-0.1, -0.05) is 42.5 Å². The Morgan fingerprint density at radius 1 is 1.00 bits per heavy atom. The summed E-state index contributed by atoms with van der Waals surface area (Å²) in [6.45, 7) is 0.564. The van der Waals surface area contributed by atoms with E-state index in [1.54, 1.807) is 24.3 Å². The molecule has 1 N–H and O–H groups in total. The Morgan fingerprint density at radius 2 is 1.83 bits per heavy atom. The van der Waals surface area contributed by atoms with E-state index < -0.39 is 0 Å². The maximum absolute atomic E-state index is 13.2. The predicted molar refractivity (Wildman–Crippen MR) is 92.1 cm³/mol. The molecule has 0 aliphatic carbocycles. The van der Waals surface area contributed by atoms with Crippen LogP contribution in [0, 0.1) is 5.82 Å². The van der Waals surface area contributed by atoms with E-state index in [1.165, 1.54) is 23.9 Å². The van der Waals surface area contributed by atoms with Gasteiger partial charge in [0.05, 0.1) is 11.3 Å². The first-order valence-electron chi connectivity index (χ1n) is 7.76. The average Bonchev–Trinajstić information content (AvgIpc) is 2.63. The summed E-state index contributed by atoms with van der Waals surface area (Å²) in [4.78, 5) is 16.4. The fourth-order valence-electron chi connectivity index (χ4n) is 2.41. The molecule has 0 fully saturated rings. The van der Waals surface area contributed by atoms with Gasteiger partial charge in [0.15, 0.2) is 0 Å². The van der Waals surface area contributed by atoms with Crippen molar-refractivity contribution in [1.82, 2.24) is 10.3 Å². The van der Waals surface area contributed by atoms with Gasteiger partial charge in [0.25, 0.3) is 5.91 Å². The van der Waals surface area contributed by atoms with Crippen molar-refractivity contribution in [3.05, 3.63) is 89.9 Å². The molecular formula is C20H17FN2O. The summed E-state index contributed by atoms with van der Waals surface area (Å²) >= 11 is 0. The molecule has 120 valence electrons. The Morgan fingerprint density at radius 3 is 2.54 bits per heavy atom. The average molecular weight is 320 g/mol. The molecule has 3 aromatic rings. The highest BCUT2D eigenvalue weighted by molar-refractivity contribution is 5.94. The summed E-state index contributed by atoms with van der Waals surface area (Å²) in [5.41, 5.74) is 2.99. The Labute approximate surface area is 140 Å². The third-order valence-corrected chi connectivity index (χ3v) is 3.69. The maximum atomic E-state index is 13.2. The van der Waals surface area contributed by atoms with Crippen LogP contribution in [0.4, 0.5) is 4.39 Å². The summed E-state index contributed by atoms with van der Waals surface area (Å²) in [5.74, 6) is -0.471. The zero-order valence-corrected chi connectivity index (χ0v) is 13.1. The Bertz CT molecular complexity index is 817. The third-order valence-electron chi connectivity index (χ3n) is 3.69. The fraction of sp³-hybridized carbons (Fsp3) is 0.100. The molecule has 4 heteroatoms. The molecule has 1 aromatic heterocycles. The van der Waals surface area contributed by atoms with E-state index in [9.17, 15) is 9.18 Å². The van der Waals surface area contributed by atoms with Gasteiger partial charge in [-0.05, 0) is 36.2 Å². The zero-order valence-electron chi connectivity index (χ0n) is 13.1. The highest BCUT2D eigenvalue weighted by atomic mass is 19.1. The second-order valence-electron chi connectivity index (χ2n) is 5.43. The Hall–Kier alpha value is -3.01. The standard InChI is InChI=1S/C20H17FN2O/c21-18-8-4-7-16(13-18)19-10-9-17(14-23-19)20(24)22-12-11-15-5-2-1-3-6-15/h1-10,13-14H,11-12H2,(H,22,24). The topological polar surface area (TPSA) is 42.0 Å². The van der Waals surface area contributed by atoms with Crippen LogP contribution < -0.4 is 5.32 Å². The SMILES string of the molecule is O=C(NCCc1ccccc1)c1ccc(-c2cccc(F)c2)nc1. The summed E-state index contributed by atoms with van der Waals surface area (Å²) in [6, 6.07) is 19.6. The monoisotopic (exact) mass is 320 g/mol. The van der Waals surface area contributed by atoms with Crippen molar-refractivity contribution in [1.29, 1.82) is 0 Å². The number of pyridine rings is 1. The lowest BCUT2D eigenvalue weighted by Crippen LogP contribution is -2.25. The predicted octanol–water partition coefficient (Wildman–Crippen LogP) is 3.86. The number of carbonyl (C=O) groups is 1. The van der Waals surface area contributed by atoms with E-state index in [2.05, 4.69) is 10.3 Å². The lowest BCUT2D eigenvalue weighted by Gasteiger charge is -2.06. The molecule has 0 saturated heterocycles. The van der Waals surface area contributed by atoms with Crippen molar-refractivity contribution in [3.8, 4) is 11.3 Å². The van der Waals surface area contributed by atoms with E-state index >= 15 is 0 Å². The Balaban J connectivity index is 1.59. The van der Waals surface area contributed by atoms with Crippen molar-refractivity contribution in [2.45, 2.75) is 6.42 Å². The first-order valence-corrected chi connectivity index (χ1v) is 7.76. The largest absolute Gasteiger partial charge is 0.352 e. The smallest absolute Gasteiger partial charge is 0.252 e. The quantitative estimate of drug-likeness (QED) is 0.775. The normalized spacial score (nSPS) is 10.4. The van der Waals surface area contributed by atoms with Gasteiger partial charge in [-0.15, -0.1) is 0 Å². The van der Waals surface area contributed by atoms with Crippen LogP contribution in [0.15, 0.2) is 72.9 Å². The summed E-state index contributed by atoms with van der Waals surface area (Å²) in [7, 11) is 0. The van der Waals surface area contributed by atoms with E-state index in [-0.39, 0.29) is 11.7 Å².